The van der Waals surface area contributed by atoms with Crippen LogP contribution in [0.2, 0.25) is 5.02 Å². The molecule has 3 amide bonds. The summed E-state index contributed by atoms with van der Waals surface area (Å²) in [7, 11) is 1.39. The molecule has 1 heterocycles. The molecule has 0 unspecified atom stereocenters. The Kier molecular flexibility index (Phi) is 6.98. The van der Waals surface area contributed by atoms with E-state index in [1.54, 1.807) is 30.3 Å². The summed E-state index contributed by atoms with van der Waals surface area (Å²) in [5.74, 6) is -1.82. The van der Waals surface area contributed by atoms with Crippen LogP contribution in [-0.2, 0) is 14.4 Å². The van der Waals surface area contributed by atoms with Crippen LogP contribution in [0.4, 0.5) is 15.8 Å². The SMILES string of the molecule is COc1cc(Cl)cc(/C=C2\C(=O)NN(c3ccccc3)C2=O)c1OCC(=O)Nc1ccc(F)cc1. The van der Waals surface area contributed by atoms with Gasteiger partial charge in [0.2, 0.25) is 0 Å². The van der Waals surface area contributed by atoms with Gasteiger partial charge in [-0.1, -0.05) is 29.8 Å². The lowest BCUT2D eigenvalue weighted by atomic mass is 10.1. The van der Waals surface area contributed by atoms with Crippen LogP contribution in [0, 0.1) is 5.82 Å². The standard InChI is InChI=1S/C25H19ClFN3O5/c1-34-21-13-16(26)11-15(23(21)35-14-22(31)28-18-9-7-17(27)8-10-18)12-20-24(32)29-30(25(20)33)19-5-3-2-4-6-19/h2-13H,14H2,1H3,(H,28,31)(H,29,32)/b20-12+. The number of halogens is 2. The van der Waals surface area contributed by atoms with Gasteiger partial charge in [-0.2, -0.15) is 0 Å². The summed E-state index contributed by atoms with van der Waals surface area (Å²) in [6.07, 6.45) is 1.32. The lowest BCUT2D eigenvalue weighted by molar-refractivity contribution is -0.118. The van der Waals surface area contributed by atoms with Gasteiger partial charge in [-0.25, -0.2) is 9.40 Å². The summed E-state index contributed by atoms with van der Waals surface area (Å²) in [6.45, 7) is -0.429. The third kappa shape index (κ3) is 5.42. The Hall–Kier alpha value is -4.37. The fraction of sp³-hybridized carbons (Fsp3) is 0.0800. The van der Waals surface area contributed by atoms with Crippen molar-refractivity contribution in [3.8, 4) is 11.5 Å². The average Bonchev–Trinajstić information content (AvgIpc) is 3.13. The molecule has 0 aliphatic carbocycles. The van der Waals surface area contributed by atoms with Gasteiger partial charge in [0.15, 0.2) is 18.1 Å². The largest absolute Gasteiger partial charge is 0.493 e. The second-order valence-electron chi connectivity index (χ2n) is 7.35. The van der Waals surface area contributed by atoms with E-state index in [9.17, 15) is 18.8 Å². The zero-order chi connectivity index (χ0) is 24.9. The summed E-state index contributed by atoms with van der Waals surface area (Å²) in [6, 6.07) is 16.8. The molecule has 10 heteroatoms. The summed E-state index contributed by atoms with van der Waals surface area (Å²) >= 11 is 6.20. The van der Waals surface area contributed by atoms with Gasteiger partial charge >= 0.3 is 0 Å². The van der Waals surface area contributed by atoms with Crippen molar-refractivity contribution in [3.05, 3.63) is 88.7 Å². The molecule has 0 atom stereocenters. The minimum absolute atomic E-state index is 0.109. The van der Waals surface area contributed by atoms with E-state index in [1.165, 1.54) is 49.6 Å². The highest BCUT2D eigenvalue weighted by atomic mass is 35.5. The first kappa shape index (κ1) is 23.8. The number of ether oxygens (including phenoxy) is 2. The Labute approximate surface area is 204 Å². The molecule has 0 saturated carbocycles. The topological polar surface area (TPSA) is 97.0 Å². The molecule has 0 bridgehead atoms. The molecule has 8 nitrogen and oxygen atoms in total. The highest BCUT2D eigenvalue weighted by Crippen LogP contribution is 2.37. The third-order valence-electron chi connectivity index (χ3n) is 4.95. The number of benzene rings is 3. The molecule has 178 valence electrons. The van der Waals surface area contributed by atoms with Gasteiger partial charge < -0.3 is 14.8 Å². The normalized spacial score (nSPS) is 14.1. The molecule has 3 aromatic carbocycles. The smallest absolute Gasteiger partial charge is 0.282 e. The molecule has 1 saturated heterocycles. The van der Waals surface area contributed by atoms with Crippen LogP contribution in [0.1, 0.15) is 5.56 Å². The lowest BCUT2D eigenvalue weighted by Crippen LogP contribution is -2.35. The maximum atomic E-state index is 13.1. The number of rotatable bonds is 7. The lowest BCUT2D eigenvalue weighted by Gasteiger charge is -2.15. The zero-order valence-electron chi connectivity index (χ0n) is 18.4. The van der Waals surface area contributed by atoms with Crippen molar-refractivity contribution in [2.24, 2.45) is 0 Å². The number of para-hydroxylation sites is 1. The van der Waals surface area contributed by atoms with Crippen LogP contribution >= 0.6 is 11.6 Å². The van der Waals surface area contributed by atoms with Gasteiger partial charge in [-0.3, -0.25) is 19.8 Å². The van der Waals surface area contributed by atoms with E-state index in [0.29, 0.717) is 11.4 Å². The molecule has 1 aliphatic rings. The average molecular weight is 496 g/mol. The number of hydrogen-bond acceptors (Lipinski definition) is 5. The summed E-state index contributed by atoms with van der Waals surface area (Å²) < 4.78 is 24.1. The van der Waals surface area contributed by atoms with E-state index in [-0.39, 0.29) is 27.7 Å². The Morgan fingerprint density at radius 1 is 1.11 bits per heavy atom. The summed E-state index contributed by atoms with van der Waals surface area (Å²) in [4.78, 5) is 37.9. The molecule has 35 heavy (non-hydrogen) atoms. The van der Waals surface area contributed by atoms with Crippen molar-refractivity contribution in [3.63, 3.8) is 0 Å². The fourth-order valence-corrected chi connectivity index (χ4v) is 3.56. The van der Waals surface area contributed by atoms with Crippen molar-refractivity contribution in [2.75, 3.05) is 24.0 Å². The number of methoxy groups -OCH3 is 1. The van der Waals surface area contributed by atoms with Crippen molar-refractivity contribution in [1.29, 1.82) is 0 Å². The van der Waals surface area contributed by atoms with E-state index < -0.39 is 30.1 Å². The monoisotopic (exact) mass is 495 g/mol. The van der Waals surface area contributed by atoms with Crippen LogP contribution in [0.3, 0.4) is 0 Å². The van der Waals surface area contributed by atoms with E-state index >= 15 is 0 Å². The summed E-state index contributed by atoms with van der Waals surface area (Å²) in [5, 5.41) is 3.98. The van der Waals surface area contributed by atoms with Gasteiger partial charge in [-0.05, 0) is 48.5 Å². The van der Waals surface area contributed by atoms with Gasteiger partial charge in [0.1, 0.15) is 11.4 Å². The number of hydrogen-bond donors (Lipinski definition) is 2. The van der Waals surface area contributed by atoms with Crippen molar-refractivity contribution < 1.29 is 28.2 Å². The second-order valence-corrected chi connectivity index (χ2v) is 7.78. The quantitative estimate of drug-likeness (QED) is 0.382. The first-order valence-electron chi connectivity index (χ1n) is 10.3. The number of carbonyl (C=O) groups excluding carboxylic acids is 3. The van der Waals surface area contributed by atoms with Gasteiger partial charge in [0.05, 0.1) is 12.8 Å². The predicted molar refractivity (Wildman–Crippen MR) is 129 cm³/mol. The van der Waals surface area contributed by atoms with Crippen LogP contribution in [0.15, 0.2) is 72.3 Å². The molecular weight excluding hydrogens is 477 g/mol. The third-order valence-corrected chi connectivity index (χ3v) is 5.17. The Bertz CT molecular complexity index is 1310. The minimum atomic E-state index is -0.613. The Balaban J connectivity index is 1.59. The molecule has 1 aliphatic heterocycles. The number of carbonyl (C=O) groups is 3. The summed E-state index contributed by atoms with van der Waals surface area (Å²) in [5.41, 5.74) is 3.50. The van der Waals surface area contributed by atoms with Crippen LogP contribution in [0.5, 0.6) is 11.5 Å². The zero-order valence-corrected chi connectivity index (χ0v) is 19.1. The van der Waals surface area contributed by atoms with Gasteiger partial charge in [0, 0.05) is 22.3 Å². The molecule has 0 spiro atoms. The van der Waals surface area contributed by atoms with E-state index in [0.717, 1.165) is 5.01 Å². The predicted octanol–water partition coefficient (Wildman–Crippen LogP) is 3.97. The van der Waals surface area contributed by atoms with Crippen LogP contribution in [0.25, 0.3) is 6.08 Å². The Morgan fingerprint density at radius 2 is 1.83 bits per heavy atom. The highest BCUT2D eigenvalue weighted by Gasteiger charge is 2.34. The van der Waals surface area contributed by atoms with Crippen LogP contribution < -0.4 is 25.2 Å². The number of nitrogens with one attached hydrogen (secondary N) is 2. The van der Waals surface area contributed by atoms with Gasteiger partial charge in [0.25, 0.3) is 17.7 Å². The number of amides is 3. The Morgan fingerprint density at radius 3 is 2.51 bits per heavy atom. The first-order valence-corrected chi connectivity index (χ1v) is 10.7. The molecule has 1 fully saturated rings. The van der Waals surface area contributed by atoms with Gasteiger partial charge in [-0.15, -0.1) is 0 Å². The fourth-order valence-electron chi connectivity index (χ4n) is 3.34. The van der Waals surface area contributed by atoms with E-state index in [1.807, 2.05) is 0 Å². The number of anilines is 2. The second kappa shape index (κ2) is 10.3. The maximum Gasteiger partial charge on any atom is 0.282 e. The van der Waals surface area contributed by atoms with Crippen molar-refractivity contribution in [1.82, 2.24) is 5.43 Å². The molecule has 3 aromatic rings. The number of hydrazine groups is 1. The van der Waals surface area contributed by atoms with Crippen molar-refractivity contribution in [2.45, 2.75) is 0 Å². The first-order chi connectivity index (χ1) is 16.9. The molecule has 4 rings (SSSR count). The van der Waals surface area contributed by atoms with Crippen molar-refractivity contribution >= 4 is 46.8 Å². The minimum Gasteiger partial charge on any atom is -0.493 e. The number of nitrogens with zero attached hydrogens (tertiary/aromatic N) is 1. The molecule has 2 N–H and O–H groups in total. The molecule has 0 radical (unpaired) electrons. The molecular formula is C25H19ClFN3O5. The van der Waals surface area contributed by atoms with Crippen LogP contribution in [-0.4, -0.2) is 31.4 Å². The maximum absolute atomic E-state index is 13.1. The highest BCUT2D eigenvalue weighted by molar-refractivity contribution is 6.32. The van der Waals surface area contributed by atoms with E-state index in [2.05, 4.69) is 10.7 Å². The van der Waals surface area contributed by atoms with E-state index in [4.69, 9.17) is 21.1 Å². The molecule has 0 aromatic heterocycles.